The molecule has 2 saturated heterocycles. The highest BCUT2D eigenvalue weighted by molar-refractivity contribution is 5.85. The van der Waals surface area contributed by atoms with Crippen molar-refractivity contribution in [2.24, 2.45) is 17.6 Å². The van der Waals surface area contributed by atoms with Gasteiger partial charge >= 0.3 is 17.9 Å². The standard InChI is InChI=1S/C38H49FN2O4.C20H24FNO2.C17H26N2O3/c1-8-45-36(44)22-30(32-20-31(18-28(7)38(32)39)37-25(4)11-9-12-26(37)5)21-34(42)33(17-24(2)3)41-23-29(27(6)19-35(41)43)13-16-40-14-10-15-40;1-5-24-18(23)11-17(22)16-10-15(9-14(4)20(16)21)19-12(2)7-6-8-13(19)3;1-12(2)9-15(17(21)22)19-11-14(13(3)10-16(19)20)5-8-18-6-4-7-18/h9,11-12,18-20,23-24,30,33H,8,10,13-17,21-22H2,1-7H3;6-10,17H,5,11,22H2,1-4H3;10-12,15H,4-9H2,1-3H3,(H,21,22)/t30-,33?;17-;/m00./s1. The van der Waals surface area contributed by atoms with E-state index < -0.39 is 47.8 Å². The summed E-state index contributed by atoms with van der Waals surface area (Å²) in [6, 6.07) is 20.2. The molecule has 14 nitrogen and oxygen atoms in total. The number of ether oxygens (including phenoxy) is 2. The number of benzene rings is 4. The average Bonchev–Trinajstić information content (AvgIpc) is 0.878. The third kappa shape index (κ3) is 19.8. The molecular weight excluding hydrogens is 1150 g/mol. The molecule has 4 heterocycles. The summed E-state index contributed by atoms with van der Waals surface area (Å²) >= 11 is 0. The molecule has 2 aliphatic heterocycles. The number of carbonyl (C=O) groups is 4. The van der Waals surface area contributed by atoms with Crippen LogP contribution in [0.3, 0.4) is 0 Å². The zero-order valence-corrected chi connectivity index (χ0v) is 56.4. The Balaban J connectivity index is 0.000000240. The van der Waals surface area contributed by atoms with Gasteiger partial charge in [-0.15, -0.1) is 0 Å². The zero-order valence-electron chi connectivity index (χ0n) is 56.4. The fraction of sp³-hybridized carbons (Fsp3) is 0.493. The maximum absolute atomic E-state index is 16.0. The first-order chi connectivity index (χ1) is 43.1. The van der Waals surface area contributed by atoms with Crippen molar-refractivity contribution in [3.8, 4) is 22.3 Å². The van der Waals surface area contributed by atoms with Gasteiger partial charge in [-0.2, -0.15) is 0 Å². The summed E-state index contributed by atoms with van der Waals surface area (Å²) in [7, 11) is 0. The van der Waals surface area contributed by atoms with Crippen molar-refractivity contribution in [3.05, 3.63) is 184 Å². The van der Waals surface area contributed by atoms with Crippen molar-refractivity contribution in [2.75, 3.05) is 52.5 Å². The van der Waals surface area contributed by atoms with Gasteiger partial charge in [0, 0.05) is 61.6 Å². The van der Waals surface area contributed by atoms with Crippen LogP contribution in [0.4, 0.5) is 8.78 Å². The minimum Gasteiger partial charge on any atom is -0.480 e. The van der Waals surface area contributed by atoms with Crippen molar-refractivity contribution in [1.82, 2.24) is 18.9 Å². The second-order valence-corrected chi connectivity index (χ2v) is 25.9. The molecule has 4 atom stereocenters. The van der Waals surface area contributed by atoms with Gasteiger partial charge in [-0.25, -0.2) is 13.6 Å². The number of likely N-dealkylation sites (tertiary alicyclic amines) is 2. The summed E-state index contributed by atoms with van der Waals surface area (Å²) in [6.07, 6.45) is 8.41. The maximum atomic E-state index is 16.0. The van der Waals surface area contributed by atoms with Crippen LogP contribution in [-0.4, -0.2) is 100 Å². The lowest BCUT2D eigenvalue weighted by Crippen LogP contribution is -2.38. The molecule has 2 fully saturated rings. The van der Waals surface area contributed by atoms with Gasteiger partial charge in [0.1, 0.15) is 17.7 Å². The summed E-state index contributed by atoms with van der Waals surface area (Å²) in [5.74, 6) is -3.20. The van der Waals surface area contributed by atoms with E-state index in [1.165, 1.54) is 17.4 Å². The normalized spacial score (nSPS) is 14.5. The van der Waals surface area contributed by atoms with Gasteiger partial charge in [-0.3, -0.25) is 24.0 Å². The van der Waals surface area contributed by atoms with Crippen molar-refractivity contribution < 1.29 is 42.5 Å². The van der Waals surface area contributed by atoms with Crippen LogP contribution in [0.1, 0.15) is 177 Å². The summed E-state index contributed by atoms with van der Waals surface area (Å²) in [6.45, 7) is 33.7. The highest BCUT2D eigenvalue weighted by Gasteiger charge is 2.31. The molecule has 0 amide bonds. The summed E-state index contributed by atoms with van der Waals surface area (Å²) in [5, 5.41) is 9.46. The number of nitrogens with zero attached hydrogens (tertiary/aromatic N) is 4. The van der Waals surface area contributed by atoms with Crippen LogP contribution in [0.25, 0.3) is 22.3 Å². The number of hydrogen-bond acceptors (Lipinski definition) is 11. The number of carboxylic acids is 1. The van der Waals surface area contributed by atoms with Crippen LogP contribution in [0, 0.1) is 78.9 Å². The molecule has 0 spiro atoms. The Kier molecular flexibility index (Phi) is 27.0. The fourth-order valence-corrected chi connectivity index (χ4v) is 12.4. The molecule has 0 bridgehead atoms. The molecule has 3 N–H and O–H groups in total. The minimum absolute atomic E-state index is 0.0413. The number of aromatic nitrogens is 2. The van der Waals surface area contributed by atoms with E-state index in [0.717, 1.165) is 119 Å². The maximum Gasteiger partial charge on any atom is 0.326 e. The molecule has 6 aromatic rings. The fourth-order valence-electron chi connectivity index (χ4n) is 12.4. The summed E-state index contributed by atoms with van der Waals surface area (Å²) < 4.78 is 43.7. The van der Waals surface area contributed by atoms with E-state index in [1.54, 1.807) is 62.7 Å². The lowest BCUT2D eigenvalue weighted by molar-refractivity contribution is -0.144. The van der Waals surface area contributed by atoms with Gasteiger partial charge in [0.25, 0.3) is 11.1 Å². The topological polar surface area (TPSA) is 183 Å². The first kappa shape index (κ1) is 72.7. The SMILES string of the molecule is CCOC(=O)C[C@H](CC(=O)C(CC(C)C)n1cc(CCN2CCC2)c(C)cc1=O)c1cc(-c2c(C)cccc2C)cc(C)c1F.CCOC(=O)C[C@H](N)c1cc(-c2c(C)cccc2C)cc(C)c1F.Cc1cc(=O)n(C(CC(C)C)C(=O)O)cc1CCN1CCC1. The Hall–Kier alpha value is -7.40. The number of hydrogen-bond donors (Lipinski definition) is 2. The van der Waals surface area contributed by atoms with E-state index >= 15 is 4.39 Å². The van der Waals surface area contributed by atoms with E-state index in [2.05, 4.69) is 9.80 Å². The second-order valence-electron chi connectivity index (χ2n) is 25.9. The van der Waals surface area contributed by atoms with E-state index in [0.29, 0.717) is 35.1 Å². The number of esters is 2. The number of halogens is 2. The number of aliphatic carboxylic acids is 1. The number of carboxylic acid groups (broad SMARTS) is 1. The first-order valence-electron chi connectivity index (χ1n) is 32.6. The highest BCUT2D eigenvalue weighted by atomic mass is 19.1. The van der Waals surface area contributed by atoms with Crippen LogP contribution in [-0.2, 0) is 41.5 Å². The zero-order chi connectivity index (χ0) is 67.0. The van der Waals surface area contributed by atoms with Crippen molar-refractivity contribution in [1.29, 1.82) is 0 Å². The second kappa shape index (κ2) is 33.8. The number of rotatable bonds is 26. The van der Waals surface area contributed by atoms with Crippen LogP contribution >= 0.6 is 0 Å². The van der Waals surface area contributed by atoms with Gasteiger partial charge in [0.15, 0.2) is 5.78 Å². The molecule has 2 aromatic heterocycles. The minimum atomic E-state index is -0.937. The van der Waals surface area contributed by atoms with Gasteiger partial charge < -0.3 is 39.2 Å². The van der Waals surface area contributed by atoms with Crippen molar-refractivity contribution in [3.63, 3.8) is 0 Å². The number of Topliss-reactive ketones (excluding diaryl/α,β-unsaturated/α-hetero) is 1. The molecule has 0 aliphatic carbocycles. The van der Waals surface area contributed by atoms with Crippen LogP contribution in [0.15, 0.2) is 94.8 Å². The summed E-state index contributed by atoms with van der Waals surface area (Å²) in [4.78, 5) is 80.7. The third-order valence-electron chi connectivity index (χ3n) is 17.6. The van der Waals surface area contributed by atoms with Gasteiger partial charge in [0.2, 0.25) is 0 Å². The smallest absolute Gasteiger partial charge is 0.326 e. The van der Waals surface area contributed by atoms with E-state index in [1.807, 2.05) is 124 Å². The lowest BCUT2D eigenvalue weighted by Gasteiger charge is -2.31. The molecule has 2 aliphatic rings. The highest BCUT2D eigenvalue weighted by Crippen LogP contribution is 2.38. The molecule has 0 radical (unpaired) electrons. The lowest BCUT2D eigenvalue weighted by atomic mass is 9.84. The molecule has 492 valence electrons. The number of pyridine rings is 2. The largest absolute Gasteiger partial charge is 0.480 e. The predicted octanol–water partition coefficient (Wildman–Crippen LogP) is 13.9. The van der Waals surface area contributed by atoms with Crippen LogP contribution < -0.4 is 16.9 Å². The van der Waals surface area contributed by atoms with Crippen molar-refractivity contribution >= 4 is 23.7 Å². The van der Waals surface area contributed by atoms with E-state index in [4.69, 9.17) is 15.2 Å². The van der Waals surface area contributed by atoms with E-state index in [9.17, 15) is 38.3 Å². The average molecular weight is 1250 g/mol. The molecule has 0 saturated carbocycles. The third-order valence-corrected chi connectivity index (χ3v) is 17.6. The molecule has 91 heavy (non-hydrogen) atoms. The number of ketones is 1. The van der Waals surface area contributed by atoms with Gasteiger partial charge in [-0.05, 0) is 253 Å². The Morgan fingerprint density at radius 2 is 0.934 bits per heavy atom. The first-order valence-corrected chi connectivity index (χ1v) is 32.6. The van der Waals surface area contributed by atoms with Gasteiger partial charge in [-0.1, -0.05) is 64.1 Å². The molecule has 16 heteroatoms. The Labute approximate surface area is 538 Å². The number of nitrogens with two attached hydrogens (primary N) is 1. The quantitative estimate of drug-likeness (QED) is 0.0491. The molecule has 8 rings (SSSR count). The molecular formula is C75H99F2N5O9. The Morgan fingerprint density at radius 1 is 0.538 bits per heavy atom. The van der Waals surface area contributed by atoms with E-state index in [-0.39, 0.29) is 67.0 Å². The predicted molar refractivity (Wildman–Crippen MR) is 359 cm³/mol. The van der Waals surface area contributed by atoms with Crippen molar-refractivity contribution in [2.45, 2.75) is 179 Å². The molecule has 4 aromatic carbocycles. The monoisotopic (exact) mass is 1250 g/mol. The number of aryl methyl sites for hydroxylation is 8. The van der Waals surface area contributed by atoms with Crippen LogP contribution in [0.5, 0.6) is 0 Å². The Bertz CT molecular complexity index is 3600. The van der Waals surface area contributed by atoms with Crippen LogP contribution in [0.2, 0.25) is 0 Å². The number of carbonyl (C=O) groups excluding carboxylic acids is 3. The summed E-state index contributed by atoms with van der Waals surface area (Å²) in [5.41, 5.74) is 19.5. The van der Waals surface area contributed by atoms with Gasteiger partial charge in [0.05, 0.1) is 32.1 Å². The molecule has 2 unspecified atom stereocenters. The Morgan fingerprint density at radius 3 is 1.33 bits per heavy atom.